The molecule has 0 spiro atoms. The molecule has 1 aliphatic rings. The van der Waals surface area contributed by atoms with Gasteiger partial charge < -0.3 is 4.90 Å². The summed E-state index contributed by atoms with van der Waals surface area (Å²) in [7, 11) is 0. The average molecular weight is 274 g/mol. The van der Waals surface area contributed by atoms with E-state index in [9.17, 15) is 0 Å². The summed E-state index contributed by atoms with van der Waals surface area (Å²) < 4.78 is 0.955. The highest BCUT2D eigenvalue weighted by molar-refractivity contribution is 9.10. The van der Waals surface area contributed by atoms with Crippen LogP contribution < -0.4 is 4.90 Å². The van der Waals surface area contributed by atoms with Gasteiger partial charge in [0.25, 0.3) is 0 Å². The largest absolute Gasteiger partial charge is 0.329 e. The lowest BCUT2D eigenvalue weighted by Gasteiger charge is -2.19. The van der Waals surface area contributed by atoms with E-state index in [2.05, 4.69) is 15.9 Å². The first-order chi connectivity index (χ1) is 6.68. The van der Waals surface area contributed by atoms with Crippen molar-refractivity contribution < 1.29 is 0 Å². The SMILES string of the molecule is N=C1CCCN1c1ccc(Cl)cc1Br. The van der Waals surface area contributed by atoms with Crippen LogP contribution in [0.25, 0.3) is 0 Å². The van der Waals surface area contributed by atoms with E-state index in [1.165, 1.54) is 0 Å². The quantitative estimate of drug-likeness (QED) is 0.830. The van der Waals surface area contributed by atoms with Gasteiger partial charge in [0, 0.05) is 22.5 Å². The summed E-state index contributed by atoms with van der Waals surface area (Å²) in [5.74, 6) is 0.688. The maximum Gasteiger partial charge on any atom is 0.100 e. The van der Waals surface area contributed by atoms with Gasteiger partial charge in [-0.15, -0.1) is 0 Å². The predicted molar refractivity (Wildman–Crippen MR) is 63.5 cm³/mol. The van der Waals surface area contributed by atoms with Gasteiger partial charge in [-0.05, 0) is 40.5 Å². The van der Waals surface area contributed by atoms with E-state index in [0.717, 1.165) is 29.5 Å². The molecular weight excluding hydrogens is 263 g/mol. The molecule has 14 heavy (non-hydrogen) atoms. The highest BCUT2D eigenvalue weighted by Gasteiger charge is 2.20. The monoisotopic (exact) mass is 272 g/mol. The van der Waals surface area contributed by atoms with Crippen molar-refractivity contribution >= 4 is 39.1 Å². The van der Waals surface area contributed by atoms with Crippen molar-refractivity contribution in [3.8, 4) is 0 Å². The van der Waals surface area contributed by atoms with Crippen LogP contribution in [-0.2, 0) is 0 Å². The Bertz CT molecular complexity index is 378. The Labute approximate surface area is 96.5 Å². The smallest absolute Gasteiger partial charge is 0.100 e. The summed E-state index contributed by atoms with van der Waals surface area (Å²) in [6, 6.07) is 5.67. The Morgan fingerprint density at radius 2 is 2.21 bits per heavy atom. The van der Waals surface area contributed by atoms with E-state index in [4.69, 9.17) is 17.0 Å². The predicted octanol–water partition coefficient (Wildman–Crippen LogP) is 3.68. The van der Waals surface area contributed by atoms with Gasteiger partial charge in [-0.25, -0.2) is 0 Å². The highest BCUT2D eigenvalue weighted by Crippen LogP contribution is 2.31. The minimum absolute atomic E-state index is 0.688. The first-order valence-corrected chi connectivity index (χ1v) is 5.65. The lowest BCUT2D eigenvalue weighted by Crippen LogP contribution is -2.23. The Hall–Kier alpha value is -0.540. The molecule has 0 atom stereocenters. The van der Waals surface area contributed by atoms with E-state index in [1.54, 1.807) is 0 Å². The van der Waals surface area contributed by atoms with Crippen molar-refractivity contribution in [1.29, 1.82) is 5.41 Å². The minimum atomic E-state index is 0.688. The summed E-state index contributed by atoms with van der Waals surface area (Å²) in [5, 5.41) is 8.48. The van der Waals surface area contributed by atoms with Crippen LogP contribution in [-0.4, -0.2) is 12.4 Å². The van der Waals surface area contributed by atoms with Gasteiger partial charge in [0.05, 0.1) is 5.69 Å². The molecule has 74 valence electrons. The molecule has 1 aromatic rings. The van der Waals surface area contributed by atoms with Gasteiger partial charge in [-0.1, -0.05) is 11.6 Å². The third-order valence-corrected chi connectivity index (χ3v) is 3.19. The molecule has 0 aliphatic carbocycles. The molecule has 0 unspecified atom stereocenters. The number of halogens is 2. The Balaban J connectivity index is 2.36. The average Bonchev–Trinajstić information content (AvgIpc) is 2.52. The molecule has 1 fully saturated rings. The lowest BCUT2D eigenvalue weighted by atomic mass is 10.3. The number of rotatable bonds is 1. The maximum absolute atomic E-state index is 7.77. The summed E-state index contributed by atoms with van der Waals surface area (Å²) in [6.45, 7) is 0.930. The molecule has 1 aromatic carbocycles. The second-order valence-corrected chi connectivity index (χ2v) is 4.59. The molecule has 0 bridgehead atoms. The van der Waals surface area contributed by atoms with E-state index < -0.39 is 0 Å². The zero-order valence-corrected chi connectivity index (χ0v) is 9.90. The van der Waals surface area contributed by atoms with Gasteiger partial charge in [0.2, 0.25) is 0 Å². The van der Waals surface area contributed by atoms with Gasteiger partial charge in [-0.2, -0.15) is 0 Å². The molecule has 0 aromatic heterocycles. The van der Waals surface area contributed by atoms with Crippen molar-refractivity contribution in [2.45, 2.75) is 12.8 Å². The van der Waals surface area contributed by atoms with Crippen LogP contribution in [0.15, 0.2) is 22.7 Å². The summed E-state index contributed by atoms with van der Waals surface area (Å²) in [4.78, 5) is 2.01. The standard InChI is InChI=1S/C10H10BrClN2/c11-8-6-7(12)3-4-9(8)14-5-1-2-10(14)13/h3-4,6,13H,1-2,5H2. The number of amidine groups is 1. The Kier molecular flexibility index (Phi) is 2.79. The van der Waals surface area contributed by atoms with E-state index in [-0.39, 0.29) is 0 Å². The van der Waals surface area contributed by atoms with Crippen molar-refractivity contribution in [1.82, 2.24) is 0 Å². The van der Waals surface area contributed by atoms with Crippen LogP contribution in [0.1, 0.15) is 12.8 Å². The van der Waals surface area contributed by atoms with Crippen LogP contribution in [0.3, 0.4) is 0 Å². The fourth-order valence-electron chi connectivity index (χ4n) is 1.64. The molecule has 1 aliphatic heterocycles. The van der Waals surface area contributed by atoms with Gasteiger partial charge in [0.1, 0.15) is 5.84 Å². The fourth-order valence-corrected chi connectivity index (χ4v) is 2.54. The van der Waals surface area contributed by atoms with Crippen LogP contribution in [0.2, 0.25) is 5.02 Å². The number of nitrogens with one attached hydrogen (secondary N) is 1. The maximum atomic E-state index is 7.77. The van der Waals surface area contributed by atoms with Gasteiger partial charge in [0.15, 0.2) is 0 Å². The molecular formula is C10H10BrClN2. The number of benzene rings is 1. The zero-order valence-electron chi connectivity index (χ0n) is 7.56. The fraction of sp³-hybridized carbons (Fsp3) is 0.300. The van der Waals surface area contributed by atoms with Crippen molar-refractivity contribution in [2.75, 3.05) is 11.4 Å². The van der Waals surface area contributed by atoms with E-state index in [0.29, 0.717) is 10.9 Å². The lowest BCUT2D eigenvalue weighted by molar-refractivity contribution is 0.955. The van der Waals surface area contributed by atoms with Crippen LogP contribution in [0.4, 0.5) is 5.69 Å². The zero-order chi connectivity index (χ0) is 10.1. The molecule has 0 saturated carbocycles. The van der Waals surface area contributed by atoms with Crippen LogP contribution in [0.5, 0.6) is 0 Å². The third kappa shape index (κ3) is 1.79. The Morgan fingerprint density at radius 3 is 2.79 bits per heavy atom. The number of hydrogen-bond acceptors (Lipinski definition) is 1. The van der Waals surface area contributed by atoms with Crippen LogP contribution >= 0.6 is 27.5 Å². The Morgan fingerprint density at radius 1 is 1.43 bits per heavy atom. The molecule has 0 amide bonds. The van der Waals surface area contributed by atoms with E-state index >= 15 is 0 Å². The third-order valence-electron chi connectivity index (χ3n) is 2.32. The van der Waals surface area contributed by atoms with Gasteiger partial charge in [-0.3, -0.25) is 5.41 Å². The molecule has 1 saturated heterocycles. The summed E-state index contributed by atoms with van der Waals surface area (Å²) >= 11 is 9.32. The first kappa shape index (κ1) is 9.99. The van der Waals surface area contributed by atoms with Crippen molar-refractivity contribution in [3.05, 3.63) is 27.7 Å². The number of nitrogens with zero attached hydrogens (tertiary/aromatic N) is 1. The molecule has 1 heterocycles. The van der Waals surface area contributed by atoms with Crippen molar-refractivity contribution in [3.63, 3.8) is 0 Å². The summed E-state index contributed by atoms with van der Waals surface area (Å²) in [6.07, 6.45) is 1.93. The molecule has 4 heteroatoms. The van der Waals surface area contributed by atoms with E-state index in [1.807, 2.05) is 23.1 Å². The van der Waals surface area contributed by atoms with Crippen LogP contribution in [0, 0.1) is 5.41 Å². The molecule has 0 radical (unpaired) electrons. The second-order valence-electron chi connectivity index (χ2n) is 3.30. The molecule has 2 rings (SSSR count). The molecule has 1 N–H and O–H groups in total. The second kappa shape index (κ2) is 3.91. The van der Waals surface area contributed by atoms with Gasteiger partial charge >= 0.3 is 0 Å². The highest BCUT2D eigenvalue weighted by atomic mass is 79.9. The summed E-state index contributed by atoms with van der Waals surface area (Å²) in [5.41, 5.74) is 1.04. The first-order valence-electron chi connectivity index (χ1n) is 4.48. The van der Waals surface area contributed by atoms with Crippen molar-refractivity contribution in [2.24, 2.45) is 0 Å². The topological polar surface area (TPSA) is 27.1 Å². The number of hydrogen-bond donors (Lipinski definition) is 1. The molecule has 2 nitrogen and oxygen atoms in total. The number of anilines is 1. The normalized spacial score (nSPS) is 16.4. The minimum Gasteiger partial charge on any atom is -0.329 e.